The van der Waals surface area contributed by atoms with Gasteiger partial charge in [-0.05, 0) is 85.0 Å². The number of aryl methyl sites for hydroxylation is 1. The van der Waals surface area contributed by atoms with Crippen LogP contribution in [-0.4, -0.2) is 34.9 Å². The fourth-order valence-electron chi connectivity index (χ4n) is 5.15. The number of pyridine rings is 1. The van der Waals surface area contributed by atoms with Crippen LogP contribution in [0, 0.1) is 19.8 Å². The molecule has 0 spiro atoms. The highest BCUT2D eigenvalue weighted by Gasteiger charge is 2.40. The van der Waals surface area contributed by atoms with E-state index in [1.165, 1.54) is 27.8 Å². The molecule has 2 heterocycles. The molecule has 1 aliphatic heterocycles. The smallest absolute Gasteiger partial charge is 0.228 e. The number of carbonyl (C=O) groups is 1. The number of nitrogens with zero attached hydrogens (tertiary/aromatic N) is 2. The summed E-state index contributed by atoms with van der Waals surface area (Å²) in [6.45, 7) is 6.74. The fraction of sp³-hybridized carbons (Fsp3) is 0.379. The van der Waals surface area contributed by atoms with Gasteiger partial charge in [-0.1, -0.05) is 48.5 Å². The van der Waals surface area contributed by atoms with Crippen LogP contribution in [0.4, 0.5) is 0 Å². The van der Waals surface area contributed by atoms with E-state index in [2.05, 4.69) is 77.6 Å². The predicted octanol–water partition coefficient (Wildman–Crippen LogP) is 5.25. The Morgan fingerprint density at radius 1 is 1.03 bits per heavy atom. The van der Waals surface area contributed by atoms with Crippen molar-refractivity contribution < 1.29 is 4.79 Å². The summed E-state index contributed by atoms with van der Waals surface area (Å²) in [5.41, 5.74) is 7.41. The van der Waals surface area contributed by atoms with Gasteiger partial charge in [0.25, 0.3) is 0 Å². The van der Waals surface area contributed by atoms with Crippen molar-refractivity contribution in [2.75, 3.05) is 13.1 Å². The van der Waals surface area contributed by atoms with Gasteiger partial charge >= 0.3 is 0 Å². The van der Waals surface area contributed by atoms with Gasteiger partial charge in [-0.25, -0.2) is 0 Å². The van der Waals surface area contributed by atoms with Crippen LogP contribution in [-0.2, 0) is 11.3 Å². The molecule has 1 N–H and O–H groups in total. The second kappa shape index (κ2) is 9.48. The third-order valence-electron chi connectivity index (χ3n) is 7.44. The third kappa shape index (κ3) is 4.72. The zero-order chi connectivity index (χ0) is 22.8. The molecule has 4 nitrogen and oxygen atoms in total. The molecule has 2 aliphatic rings. The zero-order valence-electron chi connectivity index (χ0n) is 19.6. The Hall–Kier alpha value is -2.98. The number of benzene rings is 2. The molecule has 4 heteroatoms. The summed E-state index contributed by atoms with van der Waals surface area (Å²) >= 11 is 0. The largest absolute Gasteiger partial charge is 0.335 e. The lowest BCUT2D eigenvalue weighted by Gasteiger charge is -2.36. The van der Waals surface area contributed by atoms with Gasteiger partial charge in [-0.2, -0.15) is 0 Å². The van der Waals surface area contributed by atoms with E-state index in [9.17, 15) is 4.79 Å². The Labute approximate surface area is 197 Å². The van der Waals surface area contributed by atoms with Crippen molar-refractivity contribution in [3.05, 3.63) is 89.2 Å². The van der Waals surface area contributed by atoms with Gasteiger partial charge in [0.1, 0.15) is 0 Å². The minimum atomic E-state index is -0.0337. The van der Waals surface area contributed by atoms with Crippen LogP contribution >= 0.6 is 0 Å². The van der Waals surface area contributed by atoms with Crippen LogP contribution in [0.1, 0.15) is 47.4 Å². The molecular formula is C29H33N3O. The Bertz CT molecular complexity index is 1120. The summed E-state index contributed by atoms with van der Waals surface area (Å²) in [6, 6.07) is 19.6. The first-order chi connectivity index (χ1) is 16.1. The molecule has 33 heavy (non-hydrogen) atoms. The maximum Gasteiger partial charge on any atom is 0.228 e. The molecule has 1 aromatic heterocycles. The van der Waals surface area contributed by atoms with Crippen molar-refractivity contribution in [1.82, 2.24) is 15.2 Å². The van der Waals surface area contributed by atoms with E-state index in [1.807, 2.05) is 12.3 Å². The Morgan fingerprint density at radius 2 is 1.85 bits per heavy atom. The first-order valence-corrected chi connectivity index (χ1v) is 12.2. The lowest BCUT2D eigenvalue weighted by Crippen LogP contribution is -2.47. The lowest BCUT2D eigenvalue weighted by molar-refractivity contribution is -0.138. The number of amides is 1. The van der Waals surface area contributed by atoms with Gasteiger partial charge < -0.3 is 10.2 Å². The summed E-state index contributed by atoms with van der Waals surface area (Å²) in [5, 5.41) is 3.50. The van der Waals surface area contributed by atoms with E-state index < -0.39 is 0 Å². The van der Waals surface area contributed by atoms with Gasteiger partial charge in [0, 0.05) is 31.5 Å². The number of hydrogen-bond acceptors (Lipinski definition) is 3. The summed E-state index contributed by atoms with van der Waals surface area (Å²) in [7, 11) is 0. The Balaban J connectivity index is 1.42. The van der Waals surface area contributed by atoms with Crippen molar-refractivity contribution in [1.29, 1.82) is 0 Å². The maximum atomic E-state index is 14.0. The topological polar surface area (TPSA) is 45.2 Å². The standard InChI is InChI=1S/C29H33N3O/c1-20-6-3-9-25(21(20)2)19-32(26-11-12-26)29(33)28-18-31-15-13-27(28)23-8-4-7-22(16-23)24-10-5-14-30-17-24/h3-10,14,16-17,26-28,31H,11-13,15,18-19H2,1-2H3/t27-,28+/m1/s1. The van der Waals surface area contributed by atoms with E-state index in [4.69, 9.17) is 0 Å². The molecular weight excluding hydrogens is 406 g/mol. The van der Waals surface area contributed by atoms with Crippen LogP contribution < -0.4 is 5.32 Å². The number of hydrogen-bond donors (Lipinski definition) is 1. The molecule has 2 fully saturated rings. The second-order valence-electron chi connectivity index (χ2n) is 9.63. The molecule has 1 amide bonds. The number of nitrogens with one attached hydrogen (secondary N) is 1. The quantitative estimate of drug-likeness (QED) is 0.571. The normalized spacial score (nSPS) is 20.4. The molecule has 170 valence electrons. The van der Waals surface area contributed by atoms with Crippen molar-refractivity contribution in [2.45, 2.75) is 51.6 Å². The van der Waals surface area contributed by atoms with Gasteiger partial charge in [-0.3, -0.25) is 9.78 Å². The SMILES string of the molecule is Cc1cccc(CN(C(=O)[C@H]2CNCC[C@@H]2c2cccc(-c3cccnc3)c2)C2CC2)c1C. The highest BCUT2D eigenvalue weighted by atomic mass is 16.2. The van der Waals surface area contributed by atoms with Gasteiger partial charge in [-0.15, -0.1) is 0 Å². The molecule has 2 aromatic carbocycles. The van der Waals surface area contributed by atoms with Crippen molar-refractivity contribution in [2.24, 2.45) is 5.92 Å². The molecule has 1 aliphatic carbocycles. The van der Waals surface area contributed by atoms with Gasteiger partial charge in [0.05, 0.1) is 5.92 Å². The Kier molecular flexibility index (Phi) is 6.28. The van der Waals surface area contributed by atoms with E-state index in [1.54, 1.807) is 6.20 Å². The first kappa shape index (κ1) is 21.8. The predicted molar refractivity (Wildman–Crippen MR) is 133 cm³/mol. The van der Waals surface area contributed by atoms with Gasteiger partial charge in [0.2, 0.25) is 5.91 Å². The monoisotopic (exact) mass is 439 g/mol. The van der Waals surface area contributed by atoms with Crippen LogP contribution in [0.3, 0.4) is 0 Å². The molecule has 1 saturated carbocycles. The van der Waals surface area contributed by atoms with Crippen molar-refractivity contribution >= 4 is 5.91 Å². The lowest BCUT2D eigenvalue weighted by atomic mass is 9.79. The molecule has 5 rings (SSSR count). The summed E-state index contributed by atoms with van der Waals surface area (Å²) in [5.74, 6) is 0.506. The average molecular weight is 440 g/mol. The summed E-state index contributed by atoms with van der Waals surface area (Å²) in [4.78, 5) is 20.5. The zero-order valence-corrected chi connectivity index (χ0v) is 19.6. The number of rotatable bonds is 6. The van der Waals surface area contributed by atoms with Crippen LogP contribution in [0.5, 0.6) is 0 Å². The molecule has 3 aromatic rings. The minimum Gasteiger partial charge on any atom is -0.335 e. The fourth-order valence-corrected chi connectivity index (χ4v) is 5.15. The Morgan fingerprint density at radius 3 is 2.64 bits per heavy atom. The van der Waals surface area contributed by atoms with Crippen LogP contribution in [0.15, 0.2) is 67.0 Å². The van der Waals surface area contributed by atoms with Crippen molar-refractivity contribution in [3.63, 3.8) is 0 Å². The van der Waals surface area contributed by atoms with Gasteiger partial charge in [0.15, 0.2) is 0 Å². The maximum absolute atomic E-state index is 14.0. The number of aromatic nitrogens is 1. The highest BCUT2D eigenvalue weighted by Crippen LogP contribution is 2.37. The van der Waals surface area contributed by atoms with E-state index in [0.717, 1.165) is 44.5 Å². The second-order valence-corrected chi connectivity index (χ2v) is 9.63. The van der Waals surface area contributed by atoms with E-state index >= 15 is 0 Å². The molecule has 1 saturated heterocycles. The van der Waals surface area contributed by atoms with Crippen molar-refractivity contribution in [3.8, 4) is 11.1 Å². The van der Waals surface area contributed by atoms with Crippen LogP contribution in [0.2, 0.25) is 0 Å². The number of carbonyl (C=O) groups excluding carboxylic acids is 1. The molecule has 2 atom stereocenters. The molecule has 0 unspecified atom stereocenters. The summed E-state index contributed by atoms with van der Waals surface area (Å²) < 4.78 is 0. The highest BCUT2D eigenvalue weighted by molar-refractivity contribution is 5.81. The molecule has 0 bridgehead atoms. The third-order valence-corrected chi connectivity index (χ3v) is 7.44. The van der Waals surface area contributed by atoms with E-state index in [0.29, 0.717) is 11.9 Å². The average Bonchev–Trinajstić information content (AvgIpc) is 3.70. The molecule has 0 radical (unpaired) electrons. The first-order valence-electron chi connectivity index (χ1n) is 12.2. The van der Waals surface area contributed by atoms with Crippen LogP contribution in [0.25, 0.3) is 11.1 Å². The number of piperidine rings is 1. The summed E-state index contributed by atoms with van der Waals surface area (Å²) in [6.07, 6.45) is 6.94. The van der Waals surface area contributed by atoms with E-state index in [-0.39, 0.29) is 11.8 Å². The minimum absolute atomic E-state index is 0.0337.